The third-order valence-electron chi connectivity index (χ3n) is 6.49. The number of aromatic nitrogens is 1. The van der Waals surface area contributed by atoms with Gasteiger partial charge in [-0.05, 0) is 65.6 Å². The molecule has 0 atom stereocenters. The minimum absolute atomic E-state index is 0.104. The Kier molecular flexibility index (Phi) is 6.91. The molecule has 5 aromatic rings. The molecule has 0 amide bonds. The number of nitriles is 1. The van der Waals surface area contributed by atoms with Crippen molar-refractivity contribution in [3.8, 4) is 40.3 Å². The van der Waals surface area contributed by atoms with E-state index in [2.05, 4.69) is 30.1 Å². The number of aromatic hydroxyl groups is 2. The lowest BCUT2D eigenvalue weighted by Gasteiger charge is -2.10. The van der Waals surface area contributed by atoms with Crippen molar-refractivity contribution in [2.75, 3.05) is 0 Å². The Labute approximate surface area is 229 Å². The molecule has 1 aromatic heterocycles. The summed E-state index contributed by atoms with van der Waals surface area (Å²) in [6.45, 7) is 4.19. The molecular formula is C31H24N4O5. The summed E-state index contributed by atoms with van der Waals surface area (Å²) in [5, 5.41) is 49.8. The molecule has 40 heavy (non-hydrogen) atoms. The Morgan fingerprint density at radius 1 is 0.950 bits per heavy atom. The van der Waals surface area contributed by atoms with Crippen molar-refractivity contribution in [2.45, 2.75) is 19.8 Å². The van der Waals surface area contributed by atoms with Gasteiger partial charge in [0.15, 0.2) is 11.4 Å². The molecule has 9 nitrogen and oxygen atoms in total. The Bertz CT molecular complexity index is 1810. The van der Waals surface area contributed by atoms with Gasteiger partial charge in [-0.3, -0.25) is 4.57 Å². The number of para-hydroxylation sites is 1. The molecule has 0 unspecified atom stereocenters. The van der Waals surface area contributed by atoms with E-state index in [1.165, 1.54) is 12.1 Å². The molecule has 0 aliphatic heterocycles. The summed E-state index contributed by atoms with van der Waals surface area (Å²) in [4.78, 5) is 10.9. The highest BCUT2D eigenvalue weighted by atomic mass is 16.7. The van der Waals surface area contributed by atoms with Crippen molar-refractivity contribution in [3.63, 3.8) is 0 Å². The molecule has 0 fully saturated rings. The first-order valence-electron chi connectivity index (χ1n) is 12.4. The van der Waals surface area contributed by atoms with Crippen molar-refractivity contribution < 1.29 is 24.9 Å². The minimum atomic E-state index is -1.44. The molecule has 0 bridgehead atoms. The van der Waals surface area contributed by atoms with Gasteiger partial charge in [0, 0.05) is 16.6 Å². The van der Waals surface area contributed by atoms with E-state index in [-0.39, 0.29) is 28.8 Å². The number of carboxylic acid groups (broad SMARTS) is 1. The molecule has 4 aromatic carbocycles. The highest BCUT2D eigenvalue weighted by molar-refractivity contribution is 5.97. The highest BCUT2D eigenvalue weighted by Gasteiger charge is 2.19. The largest absolute Gasteiger partial charge is 0.511 e. The average molecular weight is 533 g/mol. The van der Waals surface area contributed by atoms with Crippen molar-refractivity contribution in [2.24, 2.45) is 10.2 Å². The number of ether oxygens (including phenoxy) is 1. The fourth-order valence-electron chi connectivity index (χ4n) is 4.47. The SMILES string of the molecule is CC(C)c1ccc(-n2c(O)c(N=Nc3cccc(-c4cccc(OC(=O)O)c4)c3O)c3ccc(C#N)cc32)cc1. The third-order valence-corrected chi connectivity index (χ3v) is 6.49. The van der Waals surface area contributed by atoms with Gasteiger partial charge in [-0.1, -0.05) is 50.2 Å². The van der Waals surface area contributed by atoms with E-state index in [9.17, 15) is 20.3 Å². The average Bonchev–Trinajstić information content (AvgIpc) is 3.22. The number of hydrogen-bond acceptors (Lipinski definition) is 7. The summed E-state index contributed by atoms with van der Waals surface area (Å²) in [5.41, 5.74) is 4.06. The van der Waals surface area contributed by atoms with Crippen LogP contribution in [0.2, 0.25) is 0 Å². The predicted molar refractivity (Wildman–Crippen MR) is 150 cm³/mol. The number of carbonyl (C=O) groups is 1. The van der Waals surface area contributed by atoms with Crippen molar-refractivity contribution in [1.29, 1.82) is 5.26 Å². The van der Waals surface area contributed by atoms with Gasteiger partial charge in [0.1, 0.15) is 11.4 Å². The predicted octanol–water partition coefficient (Wildman–Crippen LogP) is 8.18. The zero-order chi connectivity index (χ0) is 28.4. The maximum absolute atomic E-state index is 11.3. The van der Waals surface area contributed by atoms with Gasteiger partial charge in [0.05, 0.1) is 17.1 Å². The van der Waals surface area contributed by atoms with Crippen LogP contribution in [0.15, 0.2) is 95.2 Å². The lowest BCUT2D eigenvalue weighted by Crippen LogP contribution is -2.02. The first-order valence-corrected chi connectivity index (χ1v) is 12.4. The minimum Gasteiger partial charge on any atom is -0.505 e. The van der Waals surface area contributed by atoms with Crippen molar-refractivity contribution in [3.05, 3.63) is 96.1 Å². The molecule has 5 rings (SSSR count). The molecule has 9 heteroatoms. The van der Waals surface area contributed by atoms with Crippen LogP contribution >= 0.6 is 0 Å². The van der Waals surface area contributed by atoms with Crippen LogP contribution in [0.1, 0.15) is 30.9 Å². The number of rotatable bonds is 6. The van der Waals surface area contributed by atoms with Gasteiger partial charge < -0.3 is 20.1 Å². The number of benzene rings is 4. The smallest absolute Gasteiger partial charge is 0.505 e. The fourth-order valence-corrected chi connectivity index (χ4v) is 4.47. The van der Waals surface area contributed by atoms with Crippen LogP contribution in [0.25, 0.3) is 27.7 Å². The molecule has 0 saturated carbocycles. The second kappa shape index (κ2) is 10.6. The van der Waals surface area contributed by atoms with Crippen LogP contribution in [0.3, 0.4) is 0 Å². The van der Waals surface area contributed by atoms with Gasteiger partial charge >= 0.3 is 6.16 Å². The zero-order valence-corrected chi connectivity index (χ0v) is 21.6. The number of phenolic OH excluding ortho intramolecular Hbond substituents is 1. The maximum Gasteiger partial charge on any atom is 0.511 e. The lowest BCUT2D eigenvalue weighted by molar-refractivity contribution is 0.144. The molecule has 0 saturated heterocycles. The molecule has 3 N–H and O–H groups in total. The Balaban J connectivity index is 1.59. The highest BCUT2D eigenvalue weighted by Crippen LogP contribution is 2.44. The van der Waals surface area contributed by atoms with Crippen molar-refractivity contribution >= 4 is 28.4 Å². The van der Waals surface area contributed by atoms with Gasteiger partial charge in [0.25, 0.3) is 0 Å². The molecule has 1 heterocycles. The fraction of sp³-hybridized carbons (Fsp3) is 0.0968. The topological polar surface area (TPSA) is 140 Å². The summed E-state index contributed by atoms with van der Waals surface area (Å²) in [5.74, 6) is 0.0971. The molecule has 0 spiro atoms. The summed E-state index contributed by atoms with van der Waals surface area (Å²) in [6, 6.07) is 26.1. The van der Waals surface area contributed by atoms with Crippen LogP contribution < -0.4 is 4.74 Å². The molecular weight excluding hydrogens is 508 g/mol. The summed E-state index contributed by atoms with van der Waals surface area (Å²) in [6.07, 6.45) is -1.44. The van der Waals surface area contributed by atoms with Crippen molar-refractivity contribution in [1.82, 2.24) is 4.57 Å². The Morgan fingerprint density at radius 3 is 2.40 bits per heavy atom. The summed E-state index contributed by atoms with van der Waals surface area (Å²) >= 11 is 0. The number of hydrogen-bond donors (Lipinski definition) is 3. The Morgan fingerprint density at radius 2 is 1.70 bits per heavy atom. The van der Waals surface area contributed by atoms with Gasteiger partial charge in [-0.2, -0.15) is 5.26 Å². The first kappa shape index (κ1) is 26.0. The Hall–Kier alpha value is -5.62. The molecule has 198 valence electrons. The van der Waals surface area contributed by atoms with Gasteiger partial charge in [-0.25, -0.2) is 4.79 Å². The zero-order valence-electron chi connectivity index (χ0n) is 21.6. The summed E-state index contributed by atoms with van der Waals surface area (Å²) in [7, 11) is 0. The quantitative estimate of drug-likeness (QED) is 0.114. The van der Waals surface area contributed by atoms with Crippen LogP contribution in [0.4, 0.5) is 16.2 Å². The van der Waals surface area contributed by atoms with E-state index in [1.54, 1.807) is 53.1 Å². The monoisotopic (exact) mass is 532 g/mol. The third kappa shape index (κ3) is 4.93. The van der Waals surface area contributed by atoms with Crippen LogP contribution in [-0.2, 0) is 0 Å². The van der Waals surface area contributed by atoms with E-state index in [1.807, 2.05) is 24.3 Å². The van der Waals surface area contributed by atoms with E-state index < -0.39 is 6.16 Å². The van der Waals surface area contributed by atoms with E-state index in [0.29, 0.717) is 39.2 Å². The standard InChI is InChI=1S/C31H24N4O5/c1-18(2)20-10-12-22(13-11-20)35-27-15-19(17-32)9-14-25(27)28(30(35)37)34-33-26-8-4-7-24(29(26)36)21-5-3-6-23(16-21)40-31(38)39/h3-16,18,36-37H,1-2H3,(H,38,39). The van der Waals surface area contributed by atoms with Gasteiger partial charge in [-0.15, -0.1) is 10.2 Å². The van der Waals surface area contributed by atoms with E-state index >= 15 is 0 Å². The van der Waals surface area contributed by atoms with E-state index in [0.717, 1.165) is 5.56 Å². The van der Waals surface area contributed by atoms with Crippen LogP contribution in [0.5, 0.6) is 17.4 Å². The lowest BCUT2D eigenvalue weighted by atomic mass is 10.0. The van der Waals surface area contributed by atoms with Crippen LogP contribution in [-0.4, -0.2) is 26.0 Å². The number of azo groups is 1. The second-order valence-corrected chi connectivity index (χ2v) is 9.37. The summed E-state index contributed by atoms with van der Waals surface area (Å²) < 4.78 is 6.33. The van der Waals surface area contributed by atoms with Crippen LogP contribution in [0, 0.1) is 11.3 Å². The second-order valence-electron chi connectivity index (χ2n) is 9.37. The number of nitrogens with zero attached hydrogens (tertiary/aromatic N) is 4. The maximum atomic E-state index is 11.3. The normalized spacial score (nSPS) is 11.2. The van der Waals surface area contributed by atoms with E-state index in [4.69, 9.17) is 9.84 Å². The first-order chi connectivity index (χ1) is 19.3. The molecule has 0 radical (unpaired) electrons. The van der Waals surface area contributed by atoms with Gasteiger partial charge in [0.2, 0.25) is 5.88 Å². The number of fused-ring (bicyclic) bond motifs is 1. The molecule has 0 aliphatic rings. The molecule has 0 aliphatic carbocycles. The number of phenols is 1.